The van der Waals surface area contributed by atoms with Gasteiger partial charge in [0.25, 0.3) is 0 Å². The van der Waals surface area contributed by atoms with Gasteiger partial charge in [0.2, 0.25) is 0 Å². The molecule has 0 bridgehead atoms. The fraction of sp³-hybridized carbons (Fsp3) is 0.300. The lowest BCUT2D eigenvalue weighted by Gasteiger charge is -1.91. The van der Waals surface area contributed by atoms with Gasteiger partial charge >= 0.3 is 0 Å². The molecule has 2 aromatic heterocycles. The van der Waals surface area contributed by atoms with Gasteiger partial charge in [0.15, 0.2) is 0 Å². The Bertz CT molecular complexity index is 380. The Hall–Kier alpha value is -1.13. The molecule has 2 rings (SSSR count). The first-order valence-corrected chi connectivity index (χ1v) is 5.46. The molecule has 0 atom stereocenters. The zero-order valence-electron chi connectivity index (χ0n) is 7.73. The number of nitrogens with one attached hydrogen (secondary N) is 1. The number of thiazole rings is 1. The van der Waals surface area contributed by atoms with Crippen molar-refractivity contribution >= 4 is 11.3 Å². The number of aryl methyl sites for hydroxylation is 1. The van der Waals surface area contributed by atoms with E-state index in [1.165, 1.54) is 0 Å². The Kier molecular flexibility index (Phi) is 2.96. The molecule has 0 aliphatic rings. The normalized spacial score (nSPS) is 10.6. The van der Waals surface area contributed by atoms with E-state index in [1.807, 2.05) is 18.5 Å². The molecule has 0 spiro atoms. The summed E-state index contributed by atoms with van der Waals surface area (Å²) in [5, 5.41) is 11.8. The Labute approximate surface area is 86.4 Å². The molecule has 0 saturated heterocycles. The van der Waals surface area contributed by atoms with E-state index in [4.69, 9.17) is 5.11 Å². The molecular formula is C10H12N2OS. The Morgan fingerprint density at radius 2 is 2.43 bits per heavy atom. The van der Waals surface area contributed by atoms with Crippen LogP contribution in [0.4, 0.5) is 0 Å². The molecule has 74 valence electrons. The van der Waals surface area contributed by atoms with Crippen molar-refractivity contribution < 1.29 is 5.11 Å². The van der Waals surface area contributed by atoms with Crippen molar-refractivity contribution in [1.82, 2.24) is 9.97 Å². The van der Waals surface area contributed by atoms with Crippen LogP contribution >= 0.6 is 11.3 Å². The largest absolute Gasteiger partial charge is 0.396 e. The van der Waals surface area contributed by atoms with Crippen LogP contribution in [0.25, 0.3) is 10.6 Å². The molecular weight excluding hydrogens is 196 g/mol. The van der Waals surface area contributed by atoms with E-state index in [0.29, 0.717) is 0 Å². The molecule has 0 aliphatic heterocycles. The van der Waals surface area contributed by atoms with E-state index in [2.05, 4.69) is 15.3 Å². The predicted octanol–water partition coefficient (Wildman–Crippen LogP) is 2.06. The molecule has 3 nitrogen and oxygen atoms in total. The van der Waals surface area contributed by atoms with Gasteiger partial charge in [-0.15, -0.1) is 11.3 Å². The fourth-order valence-electron chi connectivity index (χ4n) is 1.27. The van der Waals surface area contributed by atoms with Gasteiger partial charge < -0.3 is 10.1 Å². The number of hydrogen-bond acceptors (Lipinski definition) is 3. The summed E-state index contributed by atoms with van der Waals surface area (Å²) in [4.78, 5) is 7.48. The summed E-state index contributed by atoms with van der Waals surface area (Å²) in [6.07, 6.45) is 5.48. The minimum Gasteiger partial charge on any atom is -0.396 e. The predicted molar refractivity (Wildman–Crippen MR) is 57.3 cm³/mol. The van der Waals surface area contributed by atoms with Crippen molar-refractivity contribution in [3.05, 3.63) is 29.5 Å². The first-order valence-electron chi connectivity index (χ1n) is 4.58. The monoisotopic (exact) mass is 208 g/mol. The van der Waals surface area contributed by atoms with Crippen molar-refractivity contribution in [3.8, 4) is 10.6 Å². The summed E-state index contributed by atoms with van der Waals surface area (Å²) in [7, 11) is 0. The van der Waals surface area contributed by atoms with Gasteiger partial charge in [-0.25, -0.2) is 4.98 Å². The molecule has 0 amide bonds. The highest BCUT2D eigenvalue weighted by Crippen LogP contribution is 2.23. The maximum Gasteiger partial charge on any atom is 0.125 e. The number of aliphatic hydroxyl groups is 1. The van der Waals surface area contributed by atoms with Crippen LogP contribution in [0.15, 0.2) is 23.8 Å². The third-order valence-corrected chi connectivity index (χ3v) is 2.93. The number of aromatic amines is 1. The minimum atomic E-state index is 0.233. The van der Waals surface area contributed by atoms with Crippen molar-refractivity contribution in [2.75, 3.05) is 6.61 Å². The minimum absolute atomic E-state index is 0.233. The van der Waals surface area contributed by atoms with Crippen molar-refractivity contribution in [1.29, 1.82) is 0 Å². The van der Waals surface area contributed by atoms with Gasteiger partial charge in [-0.2, -0.15) is 0 Å². The number of rotatable bonds is 4. The maximum atomic E-state index is 8.69. The average molecular weight is 208 g/mol. The Morgan fingerprint density at radius 3 is 3.14 bits per heavy atom. The van der Waals surface area contributed by atoms with Crippen LogP contribution in [0.5, 0.6) is 0 Å². The van der Waals surface area contributed by atoms with Gasteiger partial charge in [-0.05, 0) is 18.9 Å². The molecule has 0 radical (unpaired) electrons. The summed E-state index contributed by atoms with van der Waals surface area (Å²) in [6, 6.07) is 2.01. The molecule has 4 heteroatoms. The summed E-state index contributed by atoms with van der Waals surface area (Å²) < 4.78 is 0. The molecule has 0 aromatic carbocycles. The summed E-state index contributed by atoms with van der Waals surface area (Å²) in [5.41, 5.74) is 2.20. The van der Waals surface area contributed by atoms with Crippen LogP contribution < -0.4 is 0 Å². The standard InChI is InChI=1S/C10H12N2OS/c13-5-1-2-9-7-14-10(12-9)8-3-4-11-6-8/h3-4,6-7,11,13H,1-2,5H2. The number of nitrogens with zero attached hydrogens (tertiary/aromatic N) is 1. The van der Waals surface area contributed by atoms with Crippen LogP contribution in [0.3, 0.4) is 0 Å². The van der Waals surface area contributed by atoms with Gasteiger partial charge in [-0.3, -0.25) is 0 Å². The third kappa shape index (κ3) is 2.02. The molecule has 0 fully saturated rings. The SMILES string of the molecule is OCCCc1csc(-c2cc[nH]c2)n1. The van der Waals surface area contributed by atoms with Gasteiger partial charge in [-0.1, -0.05) is 0 Å². The maximum absolute atomic E-state index is 8.69. The molecule has 2 heterocycles. The highest BCUT2D eigenvalue weighted by Gasteiger charge is 2.04. The lowest BCUT2D eigenvalue weighted by Crippen LogP contribution is -1.89. The fourth-order valence-corrected chi connectivity index (χ4v) is 2.12. The topological polar surface area (TPSA) is 48.9 Å². The lowest BCUT2D eigenvalue weighted by atomic mass is 10.3. The highest BCUT2D eigenvalue weighted by molar-refractivity contribution is 7.13. The van der Waals surface area contributed by atoms with Crippen molar-refractivity contribution in [2.45, 2.75) is 12.8 Å². The number of aliphatic hydroxyl groups excluding tert-OH is 1. The van der Waals surface area contributed by atoms with E-state index < -0.39 is 0 Å². The number of aromatic nitrogens is 2. The van der Waals surface area contributed by atoms with Gasteiger partial charge in [0, 0.05) is 29.9 Å². The van der Waals surface area contributed by atoms with E-state index in [0.717, 1.165) is 29.1 Å². The van der Waals surface area contributed by atoms with E-state index in [-0.39, 0.29) is 6.61 Å². The molecule has 14 heavy (non-hydrogen) atoms. The molecule has 2 aromatic rings. The van der Waals surface area contributed by atoms with Crippen LogP contribution in [0, 0.1) is 0 Å². The molecule has 2 N–H and O–H groups in total. The number of H-pyrrole nitrogens is 1. The van der Waals surface area contributed by atoms with Crippen LogP contribution in [-0.2, 0) is 6.42 Å². The first kappa shape index (κ1) is 9.43. The van der Waals surface area contributed by atoms with E-state index in [9.17, 15) is 0 Å². The first-order chi connectivity index (χ1) is 6.90. The lowest BCUT2D eigenvalue weighted by molar-refractivity contribution is 0.288. The second kappa shape index (κ2) is 4.39. The second-order valence-corrected chi connectivity index (χ2v) is 3.93. The van der Waals surface area contributed by atoms with Crippen LogP contribution in [-0.4, -0.2) is 21.7 Å². The van der Waals surface area contributed by atoms with E-state index in [1.54, 1.807) is 11.3 Å². The van der Waals surface area contributed by atoms with Crippen LogP contribution in [0.2, 0.25) is 0 Å². The Balaban J connectivity index is 2.10. The Morgan fingerprint density at radius 1 is 1.50 bits per heavy atom. The molecule has 0 aliphatic carbocycles. The summed E-state index contributed by atoms with van der Waals surface area (Å²) in [6.45, 7) is 0.233. The van der Waals surface area contributed by atoms with Gasteiger partial charge in [0.05, 0.1) is 5.69 Å². The van der Waals surface area contributed by atoms with Crippen molar-refractivity contribution in [2.24, 2.45) is 0 Å². The summed E-state index contributed by atoms with van der Waals surface area (Å²) >= 11 is 1.64. The zero-order valence-corrected chi connectivity index (χ0v) is 8.55. The third-order valence-electron chi connectivity index (χ3n) is 1.99. The second-order valence-electron chi connectivity index (χ2n) is 3.07. The number of hydrogen-bond donors (Lipinski definition) is 2. The van der Waals surface area contributed by atoms with Gasteiger partial charge in [0.1, 0.15) is 5.01 Å². The highest BCUT2D eigenvalue weighted by atomic mass is 32.1. The zero-order chi connectivity index (χ0) is 9.80. The van der Waals surface area contributed by atoms with Crippen LogP contribution in [0.1, 0.15) is 12.1 Å². The quantitative estimate of drug-likeness (QED) is 0.808. The smallest absolute Gasteiger partial charge is 0.125 e. The van der Waals surface area contributed by atoms with Crippen molar-refractivity contribution in [3.63, 3.8) is 0 Å². The molecule has 0 saturated carbocycles. The average Bonchev–Trinajstić information content (AvgIpc) is 2.85. The summed E-state index contributed by atoms with van der Waals surface area (Å²) in [5.74, 6) is 0. The van der Waals surface area contributed by atoms with E-state index >= 15 is 0 Å². The molecule has 0 unspecified atom stereocenters.